The lowest BCUT2D eigenvalue weighted by Gasteiger charge is -2.41. The predicted octanol–water partition coefficient (Wildman–Crippen LogP) is 0.628. The third-order valence-electron chi connectivity index (χ3n) is 6.02. The van der Waals surface area contributed by atoms with Crippen molar-refractivity contribution in [3.05, 3.63) is 0 Å². The van der Waals surface area contributed by atoms with Gasteiger partial charge in [0, 0.05) is 63.8 Å². The molecule has 0 radical (unpaired) electrons. The minimum atomic E-state index is 0.226. The fraction of sp³-hybridized carbons (Fsp3) is 0.947. The molecule has 144 valence electrons. The van der Waals surface area contributed by atoms with E-state index in [1.54, 1.807) is 0 Å². The summed E-state index contributed by atoms with van der Waals surface area (Å²) in [5.41, 5.74) is 0. The number of carbonyl (C=O) groups excluding carboxylic acids is 1. The van der Waals surface area contributed by atoms with Crippen LogP contribution in [0, 0.1) is 5.92 Å². The minimum Gasteiger partial charge on any atom is -0.374 e. The Balaban J connectivity index is 1.42. The second-order valence-electron chi connectivity index (χ2n) is 8.28. The summed E-state index contributed by atoms with van der Waals surface area (Å²) in [6.07, 6.45) is 2.29. The number of morpholine rings is 1. The van der Waals surface area contributed by atoms with Crippen molar-refractivity contribution in [2.45, 2.75) is 51.8 Å². The van der Waals surface area contributed by atoms with E-state index in [9.17, 15) is 4.79 Å². The van der Waals surface area contributed by atoms with Gasteiger partial charge in [-0.2, -0.15) is 0 Å². The topological polar surface area (TPSA) is 48.1 Å². The molecule has 1 unspecified atom stereocenters. The molecule has 0 aromatic rings. The van der Waals surface area contributed by atoms with Crippen LogP contribution in [0.4, 0.5) is 0 Å². The first-order valence-corrected chi connectivity index (χ1v) is 10.1. The largest absolute Gasteiger partial charge is 0.374 e. The molecule has 0 aliphatic carbocycles. The van der Waals surface area contributed by atoms with Crippen LogP contribution in [0.3, 0.4) is 0 Å². The SMILES string of the molecule is CC(C)N1CCOC(CN2CCN(C(=O)[C@H]3CCN[C@@H](C)C3)CC2)C1. The van der Waals surface area contributed by atoms with E-state index in [1.165, 1.54) is 0 Å². The number of piperazine rings is 1. The zero-order valence-electron chi connectivity index (χ0n) is 16.2. The summed E-state index contributed by atoms with van der Waals surface area (Å²) >= 11 is 0. The molecule has 0 saturated carbocycles. The summed E-state index contributed by atoms with van der Waals surface area (Å²) in [4.78, 5) is 19.8. The van der Waals surface area contributed by atoms with E-state index in [0.717, 1.165) is 71.8 Å². The van der Waals surface area contributed by atoms with E-state index in [-0.39, 0.29) is 5.92 Å². The number of ether oxygens (including phenoxy) is 1. The fourth-order valence-corrected chi connectivity index (χ4v) is 4.37. The second kappa shape index (κ2) is 8.80. The molecule has 25 heavy (non-hydrogen) atoms. The van der Waals surface area contributed by atoms with E-state index in [0.29, 0.717) is 24.1 Å². The van der Waals surface area contributed by atoms with Gasteiger partial charge in [-0.25, -0.2) is 0 Å². The second-order valence-corrected chi connectivity index (χ2v) is 8.28. The molecular weight excluding hydrogens is 316 g/mol. The molecular formula is C19H36N4O2. The lowest BCUT2D eigenvalue weighted by Crippen LogP contribution is -2.55. The number of piperidine rings is 1. The standard InChI is InChI=1S/C19H36N4O2/c1-15(2)23-10-11-25-18(14-23)13-21-6-8-22(9-7-21)19(24)17-4-5-20-16(3)12-17/h15-18,20H,4-14H2,1-3H3/t16-,17-,18?/m0/s1. The van der Waals surface area contributed by atoms with Gasteiger partial charge in [0.25, 0.3) is 0 Å². The molecule has 3 aliphatic rings. The van der Waals surface area contributed by atoms with Gasteiger partial charge in [-0.3, -0.25) is 14.6 Å². The van der Waals surface area contributed by atoms with Gasteiger partial charge in [-0.15, -0.1) is 0 Å². The zero-order valence-corrected chi connectivity index (χ0v) is 16.2. The lowest BCUT2D eigenvalue weighted by atomic mass is 9.92. The van der Waals surface area contributed by atoms with Crippen molar-refractivity contribution in [2.24, 2.45) is 5.92 Å². The van der Waals surface area contributed by atoms with Crippen molar-refractivity contribution >= 4 is 5.91 Å². The fourth-order valence-electron chi connectivity index (χ4n) is 4.37. The van der Waals surface area contributed by atoms with Crippen LogP contribution in [-0.4, -0.2) is 97.8 Å². The van der Waals surface area contributed by atoms with Crippen LogP contribution in [-0.2, 0) is 9.53 Å². The maximum Gasteiger partial charge on any atom is 0.225 e. The van der Waals surface area contributed by atoms with Crippen molar-refractivity contribution < 1.29 is 9.53 Å². The molecule has 0 bridgehead atoms. The Morgan fingerprint density at radius 3 is 2.64 bits per heavy atom. The average Bonchev–Trinajstić information content (AvgIpc) is 2.62. The predicted molar refractivity (Wildman–Crippen MR) is 99.7 cm³/mol. The van der Waals surface area contributed by atoms with E-state index < -0.39 is 0 Å². The van der Waals surface area contributed by atoms with E-state index in [4.69, 9.17) is 4.74 Å². The van der Waals surface area contributed by atoms with Gasteiger partial charge < -0.3 is 15.0 Å². The van der Waals surface area contributed by atoms with E-state index in [2.05, 4.69) is 40.8 Å². The van der Waals surface area contributed by atoms with Crippen LogP contribution in [0.15, 0.2) is 0 Å². The molecule has 3 rings (SSSR count). The molecule has 1 N–H and O–H groups in total. The highest BCUT2D eigenvalue weighted by molar-refractivity contribution is 5.79. The Hall–Kier alpha value is -0.690. The quantitative estimate of drug-likeness (QED) is 0.804. The van der Waals surface area contributed by atoms with Crippen molar-refractivity contribution in [1.29, 1.82) is 0 Å². The van der Waals surface area contributed by atoms with Crippen LogP contribution in [0.5, 0.6) is 0 Å². The molecule has 3 saturated heterocycles. The van der Waals surface area contributed by atoms with Crippen LogP contribution < -0.4 is 5.32 Å². The van der Waals surface area contributed by atoms with Gasteiger partial charge in [0.1, 0.15) is 0 Å². The van der Waals surface area contributed by atoms with Gasteiger partial charge in [0.05, 0.1) is 12.7 Å². The molecule has 3 aliphatic heterocycles. The van der Waals surface area contributed by atoms with Gasteiger partial charge >= 0.3 is 0 Å². The Morgan fingerprint density at radius 2 is 1.96 bits per heavy atom. The van der Waals surface area contributed by atoms with Gasteiger partial charge in [-0.1, -0.05) is 0 Å². The molecule has 0 spiro atoms. The highest BCUT2D eigenvalue weighted by Gasteiger charge is 2.31. The van der Waals surface area contributed by atoms with Crippen LogP contribution >= 0.6 is 0 Å². The Kier molecular flexibility index (Phi) is 6.72. The monoisotopic (exact) mass is 352 g/mol. The summed E-state index contributed by atoms with van der Waals surface area (Å²) in [5.74, 6) is 0.608. The van der Waals surface area contributed by atoms with Crippen molar-refractivity contribution in [1.82, 2.24) is 20.0 Å². The number of hydrogen-bond acceptors (Lipinski definition) is 5. The molecule has 3 atom stereocenters. The molecule has 6 nitrogen and oxygen atoms in total. The van der Waals surface area contributed by atoms with Gasteiger partial charge in [-0.05, 0) is 40.2 Å². The molecule has 0 aromatic heterocycles. The third kappa shape index (κ3) is 5.16. The summed E-state index contributed by atoms with van der Waals surface area (Å²) in [5, 5.41) is 3.44. The van der Waals surface area contributed by atoms with E-state index in [1.807, 2.05) is 0 Å². The summed E-state index contributed by atoms with van der Waals surface area (Å²) in [7, 11) is 0. The Bertz CT molecular complexity index is 437. The summed E-state index contributed by atoms with van der Waals surface area (Å²) < 4.78 is 5.97. The zero-order chi connectivity index (χ0) is 17.8. The molecule has 3 heterocycles. The average molecular weight is 353 g/mol. The first-order chi connectivity index (χ1) is 12.0. The van der Waals surface area contributed by atoms with Crippen molar-refractivity contribution in [2.75, 3.05) is 59.0 Å². The highest BCUT2D eigenvalue weighted by Crippen LogP contribution is 2.20. The first kappa shape index (κ1) is 19.1. The molecule has 1 amide bonds. The van der Waals surface area contributed by atoms with E-state index >= 15 is 0 Å². The maximum absolute atomic E-state index is 12.8. The number of nitrogens with one attached hydrogen (secondary N) is 1. The first-order valence-electron chi connectivity index (χ1n) is 10.1. The van der Waals surface area contributed by atoms with Crippen molar-refractivity contribution in [3.63, 3.8) is 0 Å². The minimum absolute atomic E-state index is 0.226. The molecule has 6 heteroatoms. The number of nitrogens with zero attached hydrogens (tertiary/aromatic N) is 3. The summed E-state index contributed by atoms with van der Waals surface area (Å²) in [6, 6.07) is 1.06. The number of amides is 1. The Labute approximate surface area is 152 Å². The van der Waals surface area contributed by atoms with Gasteiger partial charge in [0.2, 0.25) is 5.91 Å². The molecule has 0 aromatic carbocycles. The van der Waals surface area contributed by atoms with Crippen LogP contribution in [0.25, 0.3) is 0 Å². The smallest absolute Gasteiger partial charge is 0.225 e. The Morgan fingerprint density at radius 1 is 1.20 bits per heavy atom. The number of carbonyl (C=O) groups is 1. The molecule has 3 fully saturated rings. The van der Waals surface area contributed by atoms with Crippen molar-refractivity contribution in [3.8, 4) is 0 Å². The third-order valence-corrected chi connectivity index (χ3v) is 6.02. The number of rotatable bonds is 4. The summed E-state index contributed by atoms with van der Waals surface area (Å²) in [6.45, 7) is 15.3. The lowest BCUT2D eigenvalue weighted by molar-refractivity contribution is -0.139. The van der Waals surface area contributed by atoms with Crippen LogP contribution in [0.2, 0.25) is 0 Å². The van der Waals surface area contributed by atoms with Crippen LogP contribution in [0.1, 0.15) is 33.6 Å². The highest BCUT2D eigenvalue weighted by atomic mass is 16.5. The maximum atomic E-state index is 12.8. The normalized spacial score (nSPS) is 33.0. The number of hydrogen-bond donors (Lipinski definition) is 1. The van der Waals surface area contributed by atoms with Gasteiger partial charge in [0.15, 0.2) is 0 Å².